The van der Waals surface area contributed by atoms with Gasteiger partial charge in [-0.15, -0.1) is 0 Å². The summed E-state index contributed by atoms with van der Waals surface area (Å²) in [5.74, 6) is -2.34. The normalized spacial score (nSPS) is 16.3. The number of aliphatic carboxylic acids is 1. The molecular weight excluding hydrogens is 489 g/mol. The molecule has 1 aromatic carbocycles. The lowest BCUT2D eigenvalue weighted by Crippen LogP contribution is -2.48. The average molecular weight is 516 g/mol. The second kappa shape index (κ2) is 10.1. The van der Waals surface area contributed by atoms with Crippen LogP contribution in [0.3, 0.4) is 0 Å². The molecule has 4 rings (SSSR count). The first kappa shape index (κ1) is 25.3. The summed E-state index contributed by atoms with van der Waals surface area (Å²) in [6, 6.07) is 7.63. The molecule has 10 nitrogen and oxygen atoms in total. The van der Waals surface area contributed by atoms with Crippen LogP contribution in [0.2, 0.25) is 0 Å². The van der Waals surface area contributed by atoms with Crippen molar-refractivity contribution in [3.8, 4) is 5.69 Å². The quantitative estimate of drug-likeness (QED) is 0.494. The van der Waals surface area contributed by atoms with E-state index in [0.29, 0.717) is 35.5 Å². The maximum atomic E-state index is 13.5. The maximum absolute atomic E-state index is 13.5. The van der Waals surface area contributed by atoms with E-state index < -0.39 is 39.6 Å². The molecule has 0 spiro atoms. The molecule has 2 aromatic heterocycles. The number of urea groups is 1. The molecule has 0 aliphatic carbocycles. The highest BCUT2D eigenvalue weighted by Crippen LogP contribution is 2.32. The number of carboxylic acid groups (broad SMARTS) is 1. The van der Waals surface area contributed by atoms with Crippen molar-refractivity contribution in [3.05, 3.63) is 65.9 Å². The molecule has 1 aliphatic heterocycles. The number of halogens is 1. The molecule has 1 aliphatic rings. The molecule has 2 amide bonds. The molecule has 1 unspecified atom stereocenters. The van der Waals surface area contributed by atoms with E-state index in [1.807, 2.05) is 6.92 Å². The average Bonchev–Trinajstić information content (AvgIpc) is 3.27. The summed E-state index contributed by atoms with van der Waals surface area (Å²) < 4.78 is 38.9. The van der Waals surface area contributed by atoms with Gasteiger partial charge in [0.15, 0.2) is 14.9 Å². The largest absolute Gasteiger partial charge is 0.481 e. The van der Waals surface area contributed by atoms with E-state index >= 15 is 0 Å². The minimum absolute atomic E-state index is 0.0624. The van der Waals surface area contributed by atoms with Crippen molar-refractivity contribution in [1.82, 2.24) is 20.1 Å². The Balaban J connectivity index is 1.67. The van der Waals surface area contributed by atoms with Gasteiger partial charge in [0.1, 0.15) is 5.82 Å². The lowest BCUT2D eigenvalue weighted by atomic mass is 9.97. The highest BCUT2D eigenvalue weighted by atomic mass is 32.2. The number of carboxylic acids is 1. The van der Waals surface area contributed by atoms with Crippen molar-refractivity contribution in [1.29, 1.82) is 0 Å². The summed E-state index contributed by atoms with van der Waals surface area (Å²) in [6.45, 7) is 1.87. The van der Waals surface area contributed by atoms with E-state index in [-0.39, 0.29) is 18.0 Å². The Kier molecular flexibility index (Phi) is 7.07. The predicted molar refractivity (Wildman–Crippen MR) is 129 cm³/mol. The van der Waals surface area contributed by atoms with Crippen LogP contribution in [0, 0.1) is 11.7 Å². The fourth-order valence-electron chi connectivity index (χ4n) is 4.24. The summed E-state index contributed by atoms with van der Waals surface area (Å²) in [6.07, 6.45) is 5.30. The zero-order valence-electron chi connectivity index (χ0n) is 19.8. The molecule has 3 aromatic rings. The second-order valence-corrected chi connectivity index (χ2v) is 10.7. The number of fused-ring (bicyclic) bond motifs is 1. The van der Waals surface area contributed by atoms with E-state index in [1.165, 1.54) is 52.3 Å². The number of carbonyl (C=O) groups excluding carboxylic acids is 1. The molecular formula is C24H26FN5O5S. The van der Waals surface area contributed by atoms with Gasteiger partial charge < -0.3 is 10.4 Å². The summed E-state index contributed by atoms with van der Waals surface area (Å²) in [5, 5.41) is 16.9. The number of rotatable bonds is 7. The van der Waals surface area contributed by atoms with Crippen molar-refractivity contribution < 1.29 is 27.5 Å². The van der Waals surface area contributed by atoms with Gasteiger partial charge in [0.2, 0.25) is 0 Å². The van der Waals surface area contributed by atoms with Gasteiger partial charge in [-0.2, -0.15) is 5.10 Å². The molecule has 0 radical (unpaired) electrons. The highest BCUT2D eigenvalue weighted by Gasteiger charge is 2.36. The van der Waals surface area contributed by atoms with Crippen LogP contribution in [0.25, 0.3) is 5.69 Å². The van der Waals surface area contributed by atoms with Crippen molar-refractivity contribution in [2.45, 2.75) is 37.3 Å². The summed E-state index contributed by atoms with van der Waals surface area (Å²) >= 11 is 0. The van der Waals surface area contributed by atoms with Gasteiger partial charge in [-0.1, -0.05) is 13.3 Å². The van der Waals surface area contributed by atoms with Crippen LogP contribution >= 0.6 is 0 Å². The zero-order chi connectivity index (χ0) is 26.0. The van der Waals surface area contributed by atoms with Crippen molar-refractivity contribution in [2.75, 3.05) is 17.7 Å². The Hall–Kier alpha value is -3.80. The number of nitrogens with one attached hydrogen (secondary N) is 1. The number of aromatic nitrogens is 3. The van der Waals surface area contributed by atoms with Crippen molar-refractivity contribution in [3.63, 3.8) is 0 Å². The third-order valence-corrected chi connectivity index (χ3v) is 7.05. The second-order valence-electron chi connectivity index (χ2n) is 8.70. The highest BCUT2D eigenvalue weighted by molar-refractivity contribution is 7.90. The third kappa shape index (κ3) is 5.23. The van der Waals surface area contributed by atoms with Crippen LogP contribution in [0.5, 0.6) is 0 Å². The van der Waals surface area contributed by atoms with Crippen LogP contribution in [0.1, 0.15) is 37.1 Å². The van der Waals surface area contributed by atoms with Crippen molar-refractivity contribution >= 4 is 27.5 Å². The Bertz CT molecular complexity index is 1390. The number of anilines is 1. The topological polar surface area (TPSA) is 134 Å². The number of amides is 2. The molecule has 0 fully saturated rings. The van der Waals surface area contributed by atoms with E-state index in [0.717, 1.165) is 6.26 Å². The van der Waals surface area contributed by atoms with E-state index in [2.05, 4.69) is 15.4 Å². The molecule has 190 valence electrons. The molecule has 0 saturated carbocycles. The number of nitrogens with zero attached hydrogens (tertiary/aromatic N) is 4. The number of pyridine rings is 1. The molecule has 36 heavy (non-hydrogen) atoms. The van der Waals surface area contributed by atoms with Gasteiger partial charge in [-0.25, -0.2) is 27.3 Å². The standard InChI is InChI=1S/C24H26FN5O5S/c1-3-4-19(15-9-10-26-22(12-15)36(2,34)35)28-24(33)29-14-16(23(31)32)11-20-21(29)13-27-30(20)18-7-5-17(25)6-8-18/h5-10,12-13,16,19H,3-4,11,14H2,1-2H3,(H,28,33)(H,31,32)/t16?,19-/m0/s1. The maximum Gasteiger partial charge on any atom is 0.322 e. The Morgan fingerprint density at radius 1 is 1.25 bits per heavy atom. The summed E-state index contributed by atoms with van der Waals surface area (Å²) in [4.78, 5) is 30.6. The Morgan fingerprint density at radius 3 is 2.61 bits per heavy atom. The molecule has 12 heteroatoms. The number of hydrogen-bond donors (Lipinski definition) is 2. The molecule has 0 saturated heterocycles. The van der Waals surface area contributed by atoms with Gasteiger partial charge in [-0.05, 0) is 48.4 Å². The first-order valence-corrected chi connectivity index (χ1v) is 13.3. The number of benzene rings is 1. The summed E-state index contributed by atoms with van der Waals surface area (Å²) in [5.41, 5.74) is 2.09. The lowest BCUT2D eigenvalue weighted by molar-refractivity contribution is -0.141. The van der Waals surface area contributed by atoms with Crippen LogP contribution < -0.4 is 10.2 Å². The summed E-state index contributed by atoms with van der Waals surface area (Å²) in [7, 11) is -3.54. The Morgan fingerprint density at radius 2 is 1.97 bits per heavy atom. The van der Waals surface area contributed by atoms with Gasteiger partial charge in [0, 0.05) is 25.4 Å². The van der Waals surface area contributed by atoms with E-state index in [1.54, 1.807) is 6.07 Å². The smallest absolute Gasteiger partial charge is 0.322 e. The Labute approximate surface area is 207 Å². The van der Waals surface area contributed by atoms with E-state index in [4.69, 9.17) is 0 Å². The van der Waals surface area contributed by atoms with Gasteiger partial charge in [0.05, 0.1) is 35.2 Å². The SMILES string of the molecule is CCC[C@H](NC(=O)N1CC(C(=O)O)Cc2c1cnn2-c1ccc(F)cc1)c1ccnc(S(C)(=O)=O)c1. The van der Waals surface area contributed by atoms with Crippen LogP contribution in [-0.4, -0.2) is 53.1 Å². The van der Waals surface area contributed by atoms with Gasteiger partial charge >= 0.3 is 12.0 Å². The zero-order valence-corrected chi connectivity index (χ0v) is 20.6. The van der Waals surface area contributed by atoms with Gasteiger partial charge in [0.25, 0.3) is 0 Å². The molecule has 0 bridgehead atoms. The minimum Gasteiger partial charge on any atom is -0.481 e. The van der Waals surface area contributed by atoms with Crippen molar-refractivity contribution in [2.24, 2.45) is 5.92 Å². The number of sulfone groups is 1. The predicted octanol–water partition coefficient (Wildman–Crippen LogP) is 3.12. The minimum atomic E-state index is -3.54. The molecule has 2 atom stereocenters. The fourth-order valence-corrected chi connectivity index (χ4v) is 4.85. The van der Waals surface area contributed by atoms with Crippen LogP contribution in [-0.2, 0) is 21.1 Å². The first-order chi connectivity index (χ1) is 17.1. The van der Waals surface area contributed by atoms with Gasteiger partial charge in [-0.3, -0.25) is 9.69 Å². The monoisotopic (exact) mass is 515 g/mol. The van der Waals surface area contributed by atoms with Crippen LogP contribution in [0.4, 0.5) is 14.9 Å². The lowest BCUT2D eigenvalue weighted by Gasteiger charge is -2.32. The third-order valence-electron chi connectivity index (χ3n) is 6.06. The van der Waals surface area contributed by atoms with Crippen LogP contribution in [0.15, 0.2) is 53.8 Å². The number of hydrogen-bond acceptors (Lipinski definition) is 6. The molecule has 3 heterocycles. The van der Waals surface area contributed by atoms with E-state index in [9.17, 15) is 27.5 Å². The molecule has 2 N–H and O–H groups in total. The number of carbonyl (C=O) groups is 2. The first-order valence-electron chi connectivity index (χ1n) is 11.4. The fraction of sp³-hybridized carbons (Fsp3) is 0.333.